The Kier molecular flexibility index (Phi) is 4.02. The second-order valence-corrected chi connectivity index (χ2v) is 4.55. The van der Waals surface area contributed by atoms with Crippen LogP contribution in [0.15, 0.2) is 40.8 Å². The van der Waals surface area contributed by atoms with Crippen LogP contribution in [0.5, 0.6) is 0 Å². The van der Waals surface area contributed by atoms with Crippen molar-refractivity contribution < 1.29 is 14.3 Å². The van der Waals surface area contributed by atoms with E-state index in [9.17, 15) is 9.90 Å². The lowest BCUT2D eigenvalue weighted by Gasteiger charge is -2.11. The Morgan fingerprint density at radius 2 is 1.89 bits per heavy atom. The van der Waals surface area contributed by atoms with Crippen LogP contribution >= 0.6 is 0 Å². The fraction of sp³-hybridized carbons (Fsp3) is 0.267. The van der Waals surface area contributed by atoms with Crippen LogP contribution in [0.3, 0.4) is 0 Å². The summed E-state index contributed by atoms with van der Waals surface area (Å²) in [5.74, 6) is 0.622. The first kappa shape index (κ1) is 13.4. The molecule has 100 valence electrons. The minimum absolute atomic E-state index is 0.154. The summed E-state index contributed by atoms with van der Waals surface area (Å²) in [5, 5.41) is 12.6. The van der Waals surface area contributed by atoms with Gasteiger partial charge in [-0.25, -0.2) is 0 Å². The maximum absolute atomic E-state index is 11.7. The molecule has 2 N–H and O–H groups in total. The third-order valence-electron chi connectivity index (χ3n) is 2.88. The largest absolute Gasteiger partial charge is 0.456 e. The molecule has 1 unspecified atom stereocenters. The number of furan rings is 1. The number of aliphatic hydroxyl groups is 1. The minimum atomic E-state index is -0.722. The third kappa shape index (κ3) is 3.45. The van der Waals surface area contributed by atoms with E-state index in [0.29, 0.717) is 5.76 Å². The molecule has 0 radical (unpaired) electrons. The normalized spacial score (nSPS) is 12.2. The predicted molar refractivity (Wildman–Crippen MR) is 71.9 cm³/mol. The Labute approximate surface area is 112 Å². The van der Waals surface area contributed by atoms with Gasteiger partial charge in [0.05, 0.1) is 6.10 Å². The highest BCUT2D eigenvalue weighted by Gasteiger charge is 2.13. The third-order valence-corrected chi connectivity index (χ3v) is 2.88. The average Bonchev–Trinajstić information content (AvgIpc) is 2.83. The quantitative estimate of drug-likeness (QED) is 0.886. The summed E-state index contributed by atoms with van der Waals surface area (Å²) in [5.41, 5.74) is 1.91. The van der Waals surface area contributed by atoms with Gasteiger partial charge in [0.15, 0.2) is 5.76 Å². The van der Waals surface area contributed by atoms with Crippen LogP contribution < -0.4 is 5.32 Å². The van der Waals surface area contributed by atoms with Crippen LogP contribution in [-0.2, 0) is 0 Å². The van der Waals surface area contributed by atoms with Gasteiger partial charge < -0.3 is 14.8 Å². The van der Waals surface area contributed by atoms with Crippen molar-refractivity contribution in [3.05, 3.63) is 59.0 Å². The van der Waals surface area contributed by atoms with Crippen molar-refractivity contribution in [3.63, 3.8) is 0 Å². The fourth-order valence-corrected chi connectivity index (χ4v) is 1.74. The average molecular weight is 259 g/mol. The van der Waals surface area contributed by atoms with Crippen LogP contribution in [0.4, 0.5) is 0 Å². The molecule has 1 aromatic heterocycles. The van der Waals surface area contributed by atoms with Crippen molar-refractivity contribution in [2.45, 2.75) is 20.0 Å². The summed E-state index contributed by atoms with van der Waals surface area (Å²) < 4.78 is 5.21. The molecule has 2 aromatic rings. The Balaban J connectivity index is 1.91. The lowest BCUT2D eigenvalue weighted by molar-refractivity contribution is 0.0888. The van der Waals surface area contributed by atoms with Crippen molar-refractivity contribution in [1.82, 2.24) is 5.32 Å². The fourth-order valence-electron chi connectivity index (χ4n) is 1.74. The van der Waals surface area contributed by atoms with E-state index in [2.05, 4.69) is 5.32 Å². The number of carbonyl (C=O) groups is 1. The number of rotatable bonds is 4. The van der Waals surface area contributed by atoms with Crippen LogP contribution in [0.25, 0.3) is 0 Å². The van der Waals surface area contributed by atoms with Crippen molar-refractivity contribution in [2.75, 3.05) is 6.54 Å². The van der Waals surface area contributed by atoms with Gasteiger partial charge in [-0.3, -0.25) is 4.79 Å². The van der Waals surface area contributed by atoms with Gasteiger partial charge in [-0.2, -0.15) is 0 Å². The molecule has 2 rings (SSSR count). The standard InChI is InChI=1S/C15H17NO3/c1-10-3-6-12(7-4-10)13(17)9-16-15(18)14-8-5-11(2)19-14/h3-8,13,17H,9H2,1-2H3,(H,16,18). The van der Waals surface area contributed by atoms with Gasteiger partial charge in [-0.1, -0.05) is 29.8 Å². The number of hydrogen-bond donors (Lipinski definition) is 2. The molecule has 4 heteroatoms. The van der Waals surface area contributed by atoms with Gasteiger partial charge in [0.25, 0.3) is 5.91 Å². The van der Waals surface area contributed by atoms with Crippen LogP contribution in [0.1, 0.15) is 33.5 Å². The monoisotopic (exact) mass is 259 g/mol. The maximum Gasteiger partial charge on any atom is 0.287 e. The molecule has 4 nitrogen and oxygen atoms in total. The summed E-state index contributed by atoms with van der Waals surface area (Å²) in [6.45, 7) is 3.91. The zero-order valence-electron chi connectivity index (χ0n) is 11.0. The van der Waals surface area contributed by atoms with Gasteiger partial charge in [0.1, 0.15) is 5.76 Å². The molecule has 0 fully saturated rings. The second kappa shape index (κ2) is 5.71. The molecule has 0 saturated heterocycles. The summed E-state index contributed by atoms with van der Waals surface area (Å²) in [4.78, 5) is 11.7. The van der Waals surface area contributed by atoms with Crippen LogP contribution in [0.2, 0.25) is 0 Å². The minimum Gasteiger partial charge on any atom is -0.456 e. The summed E-state index contributed by atoms with van der Waals surface area (Å²) in [6, 6.07) is 10.9. The van der Waals surface area contributed by atoms with E-state index >= 15 is 0 Å². The second-order valence-electron chi connectivity index (χ2n) is 4.55. The Morgan fingerprint density at radius 1 is 1.21 bits per heavy atom. The highest BCUT2D eigenvalue weighted by molar-refractivity contribution is 5.91. The molecule has 0 saturated carbocycles. The summed E-state index contributed by atoms with van der Waals surface area (Å²) in [6.07, 6.45) is -0.722. The van der Waals surface area contributed by atoms with Gasteiger partial charge in [-0.15, -0.1) is 0 Å². The molecule has 1 aromatic carbocycles. The molecular formula is C15H17NO3. The number of aliphatic hydroxyl groups excluding tert-OH is 1. The van der Waals surface area contributed by atoms with E-state index in [4.69, 9.17) is 4.42 Å². The van der Waals surface area contributed by atoms with E-state index in [1.807, 2.05) is 31.2 Å². The first-order valence-corrected chi connectivity index (χ1v) is 6.15. The molecular weight excluding hydrogens is 242 g/mol. The van der Waals surface area contributed by atoms with Crippen LogP contribution in [0, 0.1) is 13.8 Å². The highest BCUT2D eigenvalue weighted by atomic mass is 16.3. The summed E-state index contributed by atoms with van der Waals surface area (Å²) >= 11 is 0. The molecule has 1 atom stereocenters. The lowest BCUT2D eigenvalue weighted by atomic mass is 10.1. The first-order chi connectivity index (χ1) is 9.06. The smallest absolute Gasteiger partial charge is 0.287 e. The number of aryl methyl sites for hydroxylation is 2. The molecule has 1 heterocycles. The number of benzene rings is 1. The van der Waals surface area contributed by atoms with E-state index in [-0.39, 0.29) is 18.2 Å². The van der Waals surface area contributed by atoms with Crippen LogP contribution in [-0.4, -0.2) is 17.6 Å². The molecule has 0 spiro atoms. The van der Waals surface area contributed by atoms with Crippen molar-refractivity contribution in [3.8, 4) is 0 Å². The number of amides is 1. The molecule has 19 heavy (non-hydrogen) atoms. The molecule has 0 bridgehead atoms. The Bertz CT molecular complexity index is 557. The Hall–Kier alpha value is -2.07. The van der Waals surface area contributed by atoms with E-state index in [1.165, 1.54) is 0 Å². The predicted octanol–water partition coefficient (Wildman–Crippen LogP) is 2.36. The molecule has 1 amide bonds. The summed E-state index contributed by atoms with van der Waals surface area (Å²) in [7, 11) is 0. The maximum atomic E-state index is 11.7. The number of hydrogen-bond acceptors (Lipinski definition) is 3. The first-order valence-electron chi connectivity index (χ1n) is 6.15. The van der Waals surface area contributed by atoms with E-state index in [0.717, 1.165) is 11.1 Å². The molecule has 0 aliphatic heterocycles. The van der Waals surface area contributed by atoms with Crippen molar-refractivity contribution in [2.24, 2.45) is 0 Å². The zero-order chi connectivity index (χ0) is 13.8. The van der Waals surface area contributed by atoms with Gasteiger partial charge in [0, 0.05) is 6.54 Å². The van der Waals surface area contributed by atoms with E-state index < -0.39 is 6.10 Å². The highest BCUT2D eigenvalue weighted by Crippen LogP contribution is 2.13. The Morgan fingerprint density at radius 3 is 2.47 bits per heavy atom. The van der Waals surface area contributed by atoms with Crippen molar-refractivity contribution >= 4 is 5.91 Å². The van der Waals surface area contributed by atoms with Crippen molar-refractivity contribution in [1.29, 1.82) is 0 Å². The van der Waals surface area contributed by atoms with Gasteiger partial charge in [-0.05, 0) is 31.5 Å². The SMILES string of the molecule is Cc1ccc(C(O)CNC(=O)c2ccc(C)o2)cc1. The number of carbonyl (C=O) groups excluding carboxylic acids is 1. The van der Waals surface area contributed by atoms with E-state index in [1.54, 1.807) is 19.1 Å². The van der Waals surface area contributed by atoms with Gasteiger partial charge in [0.2, 0.25) is 0 Å². The molecule has 0 aliphatic rings. The molecule has 0 aliphatic carbocycles. The lowest BCUT2D eigenvalue weighted by Crippen LogP contribution is -2.28. The van der Waals surface area contributed by atoms with Gasteiger partial charge >= 0.3 is 0 Å². The number of nitrogens with one attached hydrogen (secondary N) is 1. The topological polar surface area (TPSA) is 62.5 Å². The zero-order valence-corrected chi connectivity index (χ0v) is 11.0.